The highest BCUT2D eigenvalue weighted by Gasteiger charge is 2.35. The Balaban J connectivity index is 2.15. The van der Waals surface area contributed by atoms with Crippen LogP contribution in [0.15, 0.2) is 48.5 Å². The quantitative estimate of drug-likeness (QED) is 0.674. The van der Waals surface area contributed by atoms with Crippen LogP contribution in [0.5, 0.6) is 0 Å². The van der Waals surface area contributed by atoms with Gasteiger partial charge in [0, 0.05) is 29.6 Å². The Hall–Kier alpha value is -2.02. The van der Waals surface area contributed by atoms with Gasteiger partial charge in [0.25, 0.3) is 0 Å². The fraction of sp³-hybridized carbons (Fsp3) is 0.176. The summed E-state index contributed by atoms with van der Waals surface area (Å²) >= 11 is 0. The average Bonchev–Trinajstić information content (AvgIpc) is 2.87. The molecule has 0 spiro atoms. The molecular formula is C17H15N. The van der Waals surface area contributed by atoms with E-state index in [1.165, 1.54) is 33.0 Å². The van der Waals surface area contributed by atoms with E-state index in [2.05, 4.69) is 67.4 Å². The van der Waals surface area contributed by atoms with Crippen molar-refractivity contribution in [3.63, 3.8) is 0 Å². The van der Waals surface area contributed by atoms with Crippen molar-refractivity contribution in [3.05, 3.63) is 64.5 Å². The number of fused-ring (bicyclic) bond motifs is 4. The van der Waals surface area contributed by atoms with Crippen LogP contribution in [0.3, 0.4) is 0 Å². The maximum absolute atomic E-state index is 2.36. The van der Waals surface area contributed by atoms with Crippen LogP contribution in [-0.4, -0.2) is 7.05 Å². The fourth-order valence-corrected chi connectivity index (χ4v) is 3.49. The number of benzene rings is 2. The van der Waals surface area contributed by atoms with E-state index in [4.69, 9.17) is 0 Å². The van der Waals surface area contributed by atoms with Gasteiger partial charge in [0.1, 0.15) is 0 Å². The molecule has 1 aliphatic heterocycles. The summed E-state index contributed by atoms with van der Waals surface area (Å²) in [7, 11) is 2.18. The van der Waals surface area contributed by atoms with E-state index in [1.807, 2.05) is 0 Å². The maximum Gasteiger partial charge on any atom is 0.0485 e. The lowest BCUT2D eigenvalue weighted by molar-refractivity contribution is 1.14. The zero-order valence-electron chi connectivity index (χ0n) is 10.6. The summed E-state index contributed by atoms with van der Waals surface area (Å²) in [5.74, 6) is 0.462. The van der Waals surface area contributed by atoms with E-state index in [1.54, 1.807) is 0 Å². The molecule has 2 aliphatic rings. The molecule has 2 aromatic carbocycles. The van der Waals surface area contributed by atoms with Gasteiger partial charge in [-0.3, -0.25) is 0 Å². The molecule has 1 heteroatoms. The summed E-state index contributed by atoms with van der Waals surface area (Å²) in [6.07, 6.45) is 0. The van der Waals surface area contributed by atoms with Crippen molar-refractivity contribution in [3.8, 4) is 0 Å². The molecule has 0 bridgehead atoms. The standard InChI is InChI=1S/C17H15N/c1-11-12-7-3-4-8-13(12)17-16(11)14-9-5-6-10-15(14)18(17)2/h3-10,16H,1-2H3. The molecule has 1 atom stereocenters. The molecule has 0 N–H and O–H groups in total. The zero-order valence-corrected chi connectivity index (χ0v) is 10.6. The van der Waals surface area contributed by atoms with Gasteiger partial charge in [-0.2, -0.15) is 0 Å². The molecule has 0 saturated carbocycles. The maximum atomic E-state index is 2.36. The van der Waals surface area contributed by atoms with Gasteiger partial charge in [-0.1, -0.05) is 48.0 Å². The van der Waals surface area contributed by atoms with Gasteiger partial charge in [0.05, 0.1) is 0 Å². The minimum absolute atomic E-state index is 0.462. The monoisotopic (exact) mass is 233 g/mol. The molecule has 1 aliphatic carbocycles. The Morgan fingerprint density at radius 3 is 2.39 bits per heavy atom. The molecular weight excluding hydrogens is 218 g/mol. The lowest BCUT2D eigenvalue weighted by Crippen LogP contribution is -2.27. The Bertz CT molecular complexity index is 770. The summed E-state index contributed by atoms with van der Waals surface area (Å²) in [6, 6.07) is 17.5. The van der Waals surface area contributed by atoms with E-state index < -0.39 is 0 Å². The van der Waals surface area contributed by atoms with Crippen molar-refractivity contribution in [2.75, 3.05) is 11.9 Å². The van der Waals surface area contributed by atoms with E-state index in [0.29, 0.717) is 5.92 Å². The Labute approximate surface area is 107 Å². The van der Waals surface area contributed by atoms with Gasteiger partial charge in [0.2, 0.25) is 0 Å². The van der Waals surface area contributed by atoms with E-state index in [0.717, 1.165) is 0 Å². The molecule has 0 aromatic heterocycles. The summed E-state index contributed by atoms with van der Waals surface area (Å²) in [5, 5.41) is 2.82. The van der Waals surface area contributed by atoms with Crippen molar-refractivity contribution in [1.82, 2.24) is 0 Å². The first-order valence-corrected chi connectivity index (χ1v) is 6.42. The summed E-state index contributed by atoms with van der Waals surface area (Å²) in [6.45, 7) is 2.27. The fourth-order valence-electron chi connectivity index (χ4n) is 3.49. The molecule has 0 radical (unpaired) electrons. The van der Waals surface area contributed by atoms with Crippen LogP contribution >= 0.6 is 0 Å². The summed E-state index contributed by atoms with van der Waals surface area (Å²) in [4.78, 5) is 2.36. The molecule has 1 unspecified atom stereocenters. The Kier molecular flexibility index (Phi) is 1.80. The predicted octanol–water partition coefficient (Wildman–Crippen LogP) is 2.21. The first-order valence-electron chi connectivity index (χ1n) is 6.42. The largest absolute Gasteiger partial charge is 0.346 e. The number of hydrogen-bond donors (Lipinski definition) is 0. The number of para-hydroxylation sites is 1. The highest BCUT2D eigenvalue weighted by atomic mass is 15.1. The van der Waals surface area contributed by atoms with Crippen molar-refractivity contribution in [2.45, 2.75) is 12.8 Å². The second kappa shape index (κ2) is 3.26. The van der Waals surface area contributed by atoms with E-state index >= 15 is 0 Å². The molecule has 2 aromatic rings. The van der Waals surface area contributed by atoms with Gasteiger partial charge in [-0.15, -0.1) is 0 Å². The third kappa shape index (κ3) is 1.02. The normalized spacial score (nSPS) is 19.9. The summed E-state index contributed by atoms with van der Waals surface area (Å²) < 4.78 is 0. The highest BCUT2D eigenvalue weighted by Crippen LogP contribution is 2.47. The number of hydrogen-bond acceptors (Lipinski definition) is 1. The SMILES string of the molecule is CC1=c2ccccc2=C2C1c1ccccc1N2C. The van der Waals surface area contributed by atoms with Gasteiger partial charge < -0.3 is 4.90 Å². The van der Waals surface area contributed by atoms with Crippen LogP contribution in [0.25, 0.3) is 11.3 Å². The number of anilines is 1. The predicted molar refractivity (Wildman–Crippen MR) is 75.8 cm³/mol. The van der Waals surface area contributed by atoms with Gasteiger partial charge in [0.15, 0.2) is 0 Å². The van der Waals surface area contributed by atoms with Gasteiger partial charge in [-0.05, 0) is 23.8 Å². The molecule has 0 amide bonds. The van der Waals surface area contributed by atoms with Crippen LogP contribution in [-0.2, 0) is 0 Å². The second-order valence-corrected chi connectivity index (χ2v) is 5.16. The van der Waals surface area contributed by atoms with Crippen LogP contribution in [0.4, 0.5) is 5.69 Å². The van der Waals surface area contributed by atoms with Crippen LogP contribution in [0.1, 0.15) is 18.4 Å². The first-order chi connectivity index (χ1) is 8.79. The van der Waals surface area contributed by atoms with Crippen molar-refractivity contribution >= 4 is 17.0 Å². The molecule has 1 nitrogen and oxygen atoms in total. The minimum atomic E-state index is 0.462. The third-order valence-electron chi connectivity index (χ3n) is 4.30. The van der Waals surface area contributed by atoms with Gasteiger partial charge in [-0.25, -0.2) is 0 Å². The molecule has 88 valence electrons. The number of nitrogens with zero attached hydrogens (tertiary/aromatic N) is 1. The Morgan fingerprint density at radius 1 is 0.889 bits per heavy atom. The lowest BCUT2D eigenvalue weighted by atomic mass is 9.94. The van der Waals surface area contributed by atoms with Crippen molar-refractivity contribution in [1.29, 1.82) is 0 Å². The van der Waals surface area contributed by atoms with E-state index in [-0.39, 0.29) is 0 Å². The average molecular weight is 233 g/mol. The second-order valence-electron chi connectivity index (χ2n) is 5.16. The minimum Gasteiger partial charge on any atom is -0.346 e. The van der Waals surface area contributed by atoms with Crippen molar-refractivity contribution in [2.24, 2.45) is 0 Å². The molecule has 0 fully saturated rings. The van der Waals surface area contributed by atoms with E-state index in [9.17, 15) is 0 Å². The van der Waals surface area contributed by atoms with Crippen LogP contribution < -0.4 is 15.3 Å². The smallest absolute Gasteiger partial charge is 0.0485 e. The lowest BCUT2D eigenvalue weighted by Gasteiger charge is -2.15. The molecule has 1 heterocycles. The zero-order chi connectivity index (χ0) is 12.3. The Morgan fingerprint density at radius 2 is 1.56 bits per heavy atom. The number of likely N-dealkylation sites (N-methyl/N-ethyl adjacent to an activating group) is 1. The molecule has 4 rings (SSSR count). The molecule has 0 saturated heterocycles. The van der Waals surface area contributed by atoms with Crippen LogP contribution in [0.2, 0.25) is 0 Å². The highest BCUT2D eigenvalue weighted by molar-refractivity contribution is 5.92. The van der Waals surface area contributed by atoms with Crippen LogP contribution in [0, 0.1) is 0 Å². The van der Waals surface area contributed by atoms with Crippen molar-refractivity contribution < 1.29 is 0 Å². The van der Waals surface area contributed by atoms with Gasteiger partial charge >= 0.3 is 0 Å². The number of rotatable bonds is 0. The topological polar surface area (TPSA) is 3.24 Å². The molecule has 18 heavy (non-hydrogen) atoms. The first kappa shape index (κ1) is 9.95. The summed E-state index contributed by atoms with van der Waals surface area (Å²) in [5.41, 5.74) is 5.73. The third-order valence-corrected chi connectivity index (χ3v) is 4.30.